The van der Waals surface area contributed by atoms with Crippen LogP contribution in [0.1, 0.15) is 16.1 Å². The molecule has 2 aromatic carbocycles. The van der Waals surface area contributed by atoms with E-state index in [4.69, 9.17) is 11.6 Å². The van der Waals surface area contributed by atoms with Crippen molar-refractivity contribution in [3.63, 3.8) is 0 Å². The van der Waals surface area contributed by atoms with Crippen LogP contribution >= 0.6 is 11.6 Å². The monoisotopic (exact) mass is 443 g/mol. The lowest BCUT2D eigenvalue weighted by atomic mass is 10.1. The number of sulfonamides is 1. The summed E-state index contributed by atoms with van der Waals surface area (Å²) in [6, 6.07) is 10.2. The van der Waals surface area contributed by atoms with E-state index in [1.807, 2.05) is 4.72 Å². The quantitative estimate of drug-likeness (QED) is 0.663. The number of hydrogen-bond donors (Lipinski definition) is 1. The fourth-order valence-electron chi connectivity index (χ4n) is 2.64. The van der Waals surface area contributed by atoms with Crippen LogP contribution in [-0.4, -0.2) is 23.9 Å². The smallest absolute Gasteiger partial charge is 0.333 e. The third kappa shape index (κ3) is 4.28. The first-order valence-electron chi connectivity index (χ1n) is 8.02. The van der Waals surface area contributed by atoms with Crippen molar-refractivity contribution in [3.05, 3.63) is 71.0 Å². The van der Waals surface area contributed by atoms with Crippen molar-refractivity contribution in [1.29, 1.82) is 0 Å². The Morgan fingerprint density at radius 3 is 2.38 bits per heavy atom. The molecule has 152 valence electrons. The molecule has 6 nitrogen and oxygen atoms in total. The molecule has 3 rings (SSSR count). The van der Waals surface area contributed by atoms with Gasteiger partial charge in [-0.3, -0.25) is 4.79 Å². The molecule has 1 aromatic heterocycles. The molecule has 11 heteroatoms. The van der Waals surface area contributed by atoms with Crippen molar-refractivity contribution in [3.8, 4) is 11.4 Å². The molecule has 0 saturated carbocycles. The van der Waals surface area contributed by atoms with Crippen molar-refractivity contribution < 1.29 is 26.4 Å². The first-order chi connectivity index (χ1) is 13.5. The number of carbonyl (C=O) groups excluding carboxylic acids is 1. The number of carbonyl (C=O) groups is 1. The average Bonchev–Trinajstić information content (AvgIpc) is 3.03. The maximum absolute atomic E-state index is 13.3. The van der Waals surface area contributed by atoms with Crippen molar-refractivity contribution in [2.24, 2.45) is 7.05 Å². The fourth-order valence-corrected chi connectivity index (χ4v) is 4.12. The van der Waals surface area contributed by atoms with Gasteiger partial charge in [-0.25, -0.2) is 18.1 Å². The highest BCUT2D eigenvalue weighted by Gasteiger charge is 2.34. The lowest BCUT2D eigenvalue weighted by Gasteiger charge is -2.12. The zero-order chi connectivity index (χ0) is 21.4. The van der Waals surface area contributed by atoms with Gasteiger partial charge in [0.2, 0.25) is 0 Å². The molecule has 0 aliphatic carbocycles. The van der Waals surface area contributed by atoms with Crippen molar-refractivity contribution in [2.75, 3.05) is 0 Å². The van der Waals surface area contributed by atoms with Gasteiger partial charge in [-0.05, 0) is 18.2 Å². The Hall–Kier alpha value is -2.85. The zero-order valence-electron chi connectivity index (χ0n) is 14.7. The molecule has 0 aliphatic heterocycles. The molecule has 0 atom stereocenters. The topological polar surface area (TPSA) is 81.1 Å². The van der Waals surface area contributed by atoms with Gasteiger partial charge in [0.15, 0.2) is 0 Å². The zero-order valence-corrected chi connectivity index (χ0v) is 16.3. The van der Waals surface area contributed by atoms with Crippen LogP contribution < -0.4 is 4.72 Å². The minimum absolute atomic E-state index is 0.0892. The molecule has 0 bridgehead atoms. The summed E-state index contributed by atoms with van der Waals surface area (Å²) in [6.45, 7) is 0. The normalized spacial score (nSPS) is 12.0. The molecule has 0 saturated heterocycles. The second-order valence-electron chi connectivity index (χ2n) is 5.97. The second-order valence-corrected chi connectivity index (χ2v) is 8.03. The maximum Gasteiger partial charge on any atom is 0.417 e. The van der Waals surface area contributed by atoms with Gasteiger partial charge < -0.3 is 4.57 Å². The Morgan fingerprint density at radius 2 is 1.72 bits per heavy atom. The molecule has 0 radical (unpaired) electrons. The molecular formula is C18H13ClF3N3O3S. The molecule has 1 N–H and O–H groups in total. The van der Waals surface area contributed by atoms with E-state index in [0.29, 0.717) is 0 Å². The lowest BCUT2D eigenvalue weighted by Crippen LogP contribution is -2.31. The Bertz CT molecular complexity index is 1190. The van der Waals surface area contributed by atoms with Crippen LogP contribution in [0.5, 0.6) is 0 Å². The van der Waals surface area contributed by atoms with Crippen LogP contribution in [-0.2, 0) is 23.2 Å². The third-order valence-electron chi connectivity index (χ3n) is 3.94. The van der Waals surface area contributed by atoms with Gasteiger partial charge in [-0.1, -0.05) is 41.9 Å². The Kier molecular flexibility index (Phi) is 5.42. The summed E-state index contributed by atoms with van der Waals surface area (Å²) in [4.78, 5) is 16.0. The van der Waals surface area contributed by atoms with Crippen LogP contribution in [0.15, 0.2) is 59.6 Å². The van der Waals surface area contributed by atoms with E-state index in [-0.39, 0.29) is 27.0 Å². The summed E-state index contributed by atoms with van der Waals surface area (Å²) in [6.07, 6.45) is -3.49. The van der Waals surface area contributed by atoms with Crippen LogP contribution in [0.2, 0.25) is 5.02 Å². The number of hydrogen-bond acceptors (Lipinski definition) is 4. The standard InChI is InChI=1S/C18H13ClF3N3O3S/c1-25-10-14(17(26)24-29(27,28)15-9-5-4-8-13(15)19)23-16(25)11-6-2-3-7-12(11)18(20,21)22/h2-10H,1H3,(H,24,26). The van der Waals surface area contributed by atoms with Gasteiger partial charge >= 0.3 is 6.18 Å². The highest BCUT2D eigenvalue weighted by atomic mass is 35.5. The number of rotatable bonds is 4. The number of nitrogens with one attached hydrogen (secondary N) is 1. The largest absolute Gasteiger partial charge is 0.417 e. The van der Waals surface area contributed by atoms with E-state index in [0.717, 1.165) is 12.3 Å². The van der Waals surface area contributed by atoms with Crippen LogP contribution in [0.3, 0.4) is 0 Å². The number of aryl methyl sites for hydroxylation is 1. The van der Waals surface area contributed by atoms with Gasteiger partial charge in [0.1, 0.15) is 16.4 Å². The SMILES string of the molecule is Cn1cc(C(=O)NS(=O)(=O)c2ccccc2Cl)nc1-c1ccccc1C(F)(F)F. The molecule has 0 aliphatic rings. The predicted octanol–water partition coefficient (Wildman–Crippen LogP) is 3.88. The maximum atomic E-state index is 13.3. The highest BCUT2D eigenvalue weighted by molar-refractivity contribution is 7.90. The van der Waals surface area contributed by atoms with Gasteiger partial charge in [0, 0.05) is 18.8 Å². The van der Waals surface area contributed by atoms with E-state index < -0.39 is 27.7 Å². The van der Waals surface area contributed by atoms with Crippen LogP contribution in [0.4, 0.5) is 13.2 Å². The number of alkyl halides is 3. The van der Waals surface area contributed by atoms with Gasteiger partial charge in [0.05, 0.1) is 10.6 Å². The number of halogens is 4. The number of nitrogens with zero attached hydrogens (tertiary/aromatic N) is 2. The summed E-state index contributed by atoms with van der Waals surface area (Å²) in [5.41, 5.74) is -1.53. The lowest BCUT2D eigenvalue weighted by molar-refractivity contribution is -0.137. The molecule has 0 unspecified atom stereocenters. The molecule has 0 spiro atoms. The van der Waals surface area contributed by atoms with Gasteiger partial charge in [0.25, 0.3) is 15.9 Å². The van der Waals surface area contributed by atoms with E-state index >= 15 is 0 Å². The average molecular weight is 444 g/mol. The molecule has 1 heterocycles. The van der Waals surface area contributed by atoms with Gasteiger partial charge in [-0.15, -0.1) is 0 Å². The minimum Gasteiger partial charge on any atom is -0.333 e. The van der Waals surface area contributed by atoms with E-state index in [1.165, 1.54) is 54.1 Å². The molecule has 3 aromatic rings. The summed E-state index contributed by atoms with van der Waals surface area (Å²) in [7, 11) is -2.90. The Morgan fingerprint density at radius 1 is 1.10 bits per heavy atom. The Labute approximate surface area is 169 Å². The Balaban J connectivity index is 1.96. The number of aromatic nitrogens is 2. The fraction of sp³-hybridized carbons (Fsp3) is 0.111. The number of benzene rings is 2. The number of amides is 1. The summed E-state index contributed by atoms with van der Waals surface area (Å²) < 4.78 is 67.6. The molecular weight excluding hydrogens is 431 g/mol. The van der Waals surface area contributed by atoms with Crippen molar-refractivity contribution in [2.45, 2.75) is 11.1 Å². The highest BCUT2D eigenvalue weighted by Crippen LogP contribution is 2.36. The molecule has 29 heavy (non-hydrogen) atoms. The van der Waals surface area contributed by atoms with Crippen LogP contribution in [0, 0.1) is 0 Å². The van der Waals surface area contributed by atoms with E-state index in [1.54, 1.807) is 0 Å². The second kappa shape index (κ2) is 7.53. The summed E-state index contributed by atoms with van der Waals surface area (Å²) in [5.74, 6) is -1.24. The van der Waals surface area contributed by atoms with Crippen LogP contribution in [0.25, 0.3) is 11.4 Å². The third-order valence-corrected chi connectivity index (χ3v) is 5.77. The van der Waals surface area contributed by atoms with Crippen molar-refractivity contribution >= 4 is 27.5 Å². The van der Waals surface area contributed by atoms with E-state index in [9.17, 15) is 26.4 Å². The summed E-state index contributed by atoms with van der Waals surface area (Å²) >= 11 is 5.85. The van der Waals surface area contributed by atoms with Crippen molar-refractivity contribution in [1.82, 2.24) is 14.3 Å². The predicted molar refractivity (Wildman–Crippen MR) is 99.8 cm³/mol. The van der Waals surface area contributed by atoms with E-state index in [2.05, 4.69) is 4.98 Å². The molecule has 1 amide bonds. The first-order valence-corrected chi connectivity index (χ1v) is 9.88. The van der Waals surface area contributed by atoms with Gasteiger partial charge in [-0.2, -0.15) is 13.2 Å². The first kappa shape index (κ1) is 20.9. The molecule has 0 fully saturated rings. The summed E-state index contributed by atoms with van der Waals surface area (Å²) in [5, 5.41) is -0.0892. The minimum atomic E-state index is -4.63. The number of imidazole rings is 1.